The van der Waals surface area contributed by atoms with Gasteiger partial charge in [-0.3, -0.25) is 20.2 Å². The standard InChI is InChI=1S/C18H16N4O7/c1-26-13-8-10(9-14(27-2)15(13)28-3)17-20-21-18(29-17)19-16(23)11-6-4-5-7-12(11)22(24)25/h4-9H,1-3H3,(H,19,21,23). The van der Waals surface area contributed by atoms with E-state index in [1.807, 2.05) is 0 Å². The van der Waals surface area contributed by atoms with E-state index in [2.05, 4.69) is 15.5 Å². The molecular weight excluding hydrogens is 384 g/mol. The predicted octanol–water partition coefficient (Wildman–Crippen LogP) is 2.92. The van der Waals surface area contributed by atoms with Crippen molar-refractivity contribution in [3.63, 3.8) is 0 Å². The van der Waals surface area contributed by atoms with Crippen LogP contribution in [0.3, 0.4) is 0 Å². The van der Waals surface area contributed by atoms with Crippen LogP contribution in [0.4, 0.5) is 11.7 Å². The molecule has 11 nitrogen and oxygen atoms in total. The van der Waals surface area contributed by atoms with Crippen molar-refractivity contribution in [3.8, 4) is 28.7 Å². The largest absolute Gasteiger partial charge is 0.493 e. The molecule has 3 rings (SSSR count). The number of nitro groups is 1. The van der Waals surface area contributed by atoms with Crippen molar-refractivity contribution in [2.75, 3.05) is 26.6 Å². The zero-order chi connectivity index (χ0) is 21.0. The lowest BCUT2D eigenvalue weighted by Crippen LogP contribution is -2.14. The van der Waals surface area contributed by atoms with Gasteiger partial charge in [-0.25, -0.2) is 0 Å². The van der Waals surface area contributed by atoms with Gasteiger partial charge in [-0.15, -0.1) is 5.10 Å². The van der Waals surface area contributed by atoms with E-state index in [0.29, 0.717) is 22.8 Å². The molecule has 150 valence electrons. The van der Waals surface area contributed by atoms with Gasteiger partial charge in [0, 0.05) is 11.6 Å². The number of nitrogens with one attached hydrogen (secondary N) is 1. The van der Waals surface area contributed by atoms with Crippen LogP contribution in [0, 0.1) is 10.1 Å². The van der Waals surface area contributed by atoms with Crippen LogP contribution in [0.2, 0.25) is 0 Å². The number of hydrogen-bond donors (Lipinski definition) is 1. The smallest absolute Gasteiger partial charge is 0.322 e. The number of benzene rings is 2. The van der Waals surface area contributed by atoms with Gasteiger partial charge < -0.3 is 18.6 Å². The highest BCUT2D eigenvalue weighted by Crippen LogP contribution is 2.41. The van der Waals surface area contributed by atoms with Crippen molar-refractivity contribution in [3.05, 3.63) is 52.1 Å². The van der Waals surface area contributed by atoms with Crippen molar-refractivity contribution in [1.29, 1.82) is 0 Å². The van der Waals surface area contributed by atoms with Crippen molar-refractivity contribution < 1.29 is 28.3 Å². The molecule has 0 fully saturated rings. The van der Waals surface area contributed by atoms with Crippen LogP contribution in [0.5, 0.6) is 17.2 Å². The molecule has 0 spiro atoms. The van der Waals surface area contributed by atoms with Gasteiger partial charge in [0.2, 0.25) is 11.6 Å². The van der Waals surface area contributed by atoms with Crippen molar-refractivity contribution >= 4 is 17.6 Å². The number of carbonyl (C=O) groups excluding carboxylic acids is 1. The number of ether oxygens (including phenoxy) is 3. The van der Waals surface area contributed by atoms with Crippen molar-refractivity contribution in [1.82, 2.24) is 10.2 Å². The zero-order valence-corrected chi connectivity index (χ0v) is 15.7. The number of nitro benzene ring substituents is 1. The number of rotatable bonds is 7. The van der Waals surface area contributed by atoms with Gasteiger partial charge in [-0.05, 0) is 18.2 Å². The fourth-order valence-electron chi connectivity index (χ4n) is 2.58. The van der Waals surface area contributed by atoms with Crippen LogP contribution < -0.4 is 19.5 Å². The summed E-state index contributed by atoms with van der Waals surface area (Å²) in [6.07, 6.45) is 0. The molecule has 0 bridgehead atoms. The highest BCUT2D eigenvalue weighted by molar-refractivity contribution is 6.06. The Kier molecular flexibility index (Phi) is 5.58. The molecule has 0 aliphatic rings. The van der Waals surface area contributed by atoms with E-state index in [1.54, 1.807) is 12.1 Å². The van der Waals surface area contributed by atoms with Crippen LogP contribution in [-0.4, -0.2) is 42.4 Å². The monoisotopic (exact) mass is 400 g/mol. The van der Waals surface area contributed by atoms with E-state index in [1.165, 1.54) is 45.6 Å². The Hall–Kier alpha value is -4.15. The molecule has 0 atom stereocenters. The second-order valence-electron chi connectivity index (χ2n) is 5.55. The molecule has 29 heavy (non-hydrogen) atoms. The van der Waals surface area contributed by atoms with Gasteiger partial charge in [-0.2, -0.15) is 0 Å². The van der Waals surface area contributed by atoms with Gasteiger partial charge in [0.15, 0.2) is 11.5 Å². The maximum Gasteiger partial charge on any atom is 0.322 e. The molecule has 0 radical (unpaired) electrons. The minimum absolute atomic E-state index is 0.0714. The molecule has 0 saturated heterocycles. The summed E-state index contributed by atoms with van der Waals surface area (Å²) >= 11 is 0. The maximum absolute atomic E-state index is 12.4. The van der Waals surface area contributed by atoms with Gasteiger partial charge in [-0.1, -0.05) is 17.2 Å². The molecule has 0 unspecified atom stereocenters. The molecule has 1 aromatic heterocycles. The second-order valence-corrected chi connectivity index (χ2v) is 5.55. The van der Waals surface area contributed by atoms with Gasteiger partial charge in [0.1, 0.15) is 5.56 Å². The summed E-state index contributed by atoms with van der Waals surface area (Å²) in [4.78, 5) is 22.8. The Morgan fingerprint density at radius 1 is 1.07 bits per heavy atom. The van der Waals surface area contributed by atoms with E-state index in [0.717, 1.165) is 0 Å². The Morgan fingerprint density at radius 2 is 1.72 bits per heavy atom. The van der Waals surface area contributed by atoms with Crippen LogP contribution in [0.1, 0.15) is 10.4 Å². The molecule has 3 aromatic rings. The second kappa shape index (κ2) is 8.25. The van der Waals surface area contributed by atoms with Gasteiger partial charge >= 0.3 is 6.01 Å². The van der Waals surface area contributed by atoms with Gasteiger partial charge in [0.25, 0.3) is 11.6 Å². The Bertz CT molecular complexity index is 1040. The number of carbonyl (C=O) groups is 1. The van der Waals surface area contributed by atoms with E-state index in [9.17, 15) is 14.9 Å². The average Bonchev–Trinajstić information content (AvgIpc) is 3.20. The van der Waals surface area contributed by atoms with Crippen LogP contribution >= 0.6 is 0 Å². The number of nitrogens with zero attached hydrogens (tertiary/aromatic N) is 3. The highest BCUT2D eigenvalue weighted by Gasteiger charge is 2.22. The van der Waals surface area contributed by atoms with E-state index in [-0.39, 0.29) is 23.2 Å². The first-order valence-corrected chi connectivity index (χ1v) is 8.17. The molecule has 1 heterocycles. The first-order chi connectivity index (χ1) is 14.0. The van der Waals surface area contributed by atoms with Crippen molar-refractivity contribution in [2.24, 2.45) is 0 Å². The minimum atomic E-state index is -0.752. The highest BCUT2D eigenvalue weighted by atomic mass is 16.6. The molecule has 1 amide bonds. The summed E-state index contributed by atoms with van der Waals surface area (Å²) in [5.41, 5.74) is -0.0161. The topological polar surface area (TPSA) is 139 Å². The van der Waals surface area contributed by atoms with E-state index < -0.39 is 10.8 Å². The van der Waals surface area contributed by atoms with Crippen molar-refractivity contribution in [2.45, 2.75) is 0 Å². The number of hydrogen-bond acceptors (Lipinski definition) is 9. The molecule has 0 aliphatic carbocycles. The third kappa shape index (κ3) is 3.93. The Balaban J connectivity index is 1.89. The van der Waals surface area contributed by atoms with Crippen LogP contribution in [0.25, 0.3) is 11.5 Å². The fraction of sp³-hybridized carbons (Fsp3) is 0.167. The SMILES string of the molecule is COc1cc(-c2nnc(NC(=O)c3ccccc3[N+](=O)[O-])o2)cc(OC)c1OC. The summed E-state index contributed by atoms with van der Waals surface area (Å²) in [6, 6.07) is 8.50. The third-order valence-electron chi connectivity index (χ3n) is 3.90. The average molecular weight is 400 g/mol. The number of methoxy groups -OCH3 is 3. The Labute approximate surface area is 164 Å². The molecule has 0 saturated carbocycles. The lowest BCUT2D eigenvalue weighted by molar-refractivity contribution is -0.385. The lowest BCUT2D eigenvalue weighted by Gasteiger charge is -2.12. The molecule has 11 heteroatoms. The minimum Gasteiger partial charge on any atom is -0.493 e. The maximum atomic E-state index is 12.4. The van der Waals surface area contributed by atoms with E-state index >= 15 is 0 Å². The fourth-order valence-corrected chi connectivity index (χ4v) is 2.58. The third-order valence-corrected chi connectivity index (χ3v) is 3.90. The molecule has 1 N–H and O–H groups in total. The van der Waals surface area contributed by atoms with Crippen LogP contribution in [-0.2, 0) is 0 Å². The number of aromatic nitrogens is 2. The summed E-state index contributed by atoms with van der Waals surface area (Å²) < 4.78 is 21.3. The van der Waals surface area contributed by atoms with E-state index in [4.69, 9.17) is 18.6 Å². The Morgan fingerprint density at radius 3 is 2.31 bits per heavy atom. The quantitative estimate of drug-likeness (QED) is 0.468. The normalized spacial score (nSPS) is 10.3. The zero-order valence-electron chi connectivity index (χ0n) is 15.7. The summed E-state index contributed by atoms with van der Waals surface area (Å²) in [5.74, 6) is 0.471. The first kappa shape index (κ1) is 19.6. The predicted molar refractivity (Wildman–Crippen MR) is 100 cm³/mol. The summed E-state index contributed by atoms with van der Waals surface area (Å²) in [5, 5.41) is 21.1. The molecule has 0 aliphatic heterocycles. The number of anilines is 1. The van der Waals surface area contributed by atoms with Crippen LogP contribution in [0.15, 0.2) is 40.8 Å². The lowest BCUT2D eigenvalue weighted by atomic mass is 10.1. The first-order valence-electron chi connectivity index (χ1n) is 8.17. The number of para-hydroxylation sites is 1. The molecule has 2 aromatic carbocycles. The summed E-state index contributed by atoms with van der Waals surface area (Å²) in [6.45, 7) is 0. The molecular formula is C18H16N4O7. The summed E-state index contributed by atoms with van der Waals surface area (Å²) in [7, 11) is 4.41. The number of amides is 1. The van der Waals surface area contributed by atoms with Gasteiger partial charge in [0.05, 0.1) is 26.3 Å².